The highest BCUT2D eigenvalue weighted by atomic mass is 19.1. The Morgan fingerprint density at radius 2 is 1.76 bits per heavy atom. The molecule has 11 heteroatoms. The summed E-state index contributed by atoms with van der Waals surface area (Å²) in [6, 6.07) is 6.29. The van der Waals surface area contributed by atoms with E-state index in [0.717, 1.165) is 89.2 Å². The summed E-state index contributed by atoms with van der Waals surface area (Å²) < 4.78 is 15.3. The van der Waals surface area contributed by atoms with E-state index in [-0.39, 0.29) is 24.4 Å². The van der Waals surface area contributed by atoms with Gasteiger partial charge in [-0.2, -0.15) is 0 Å². The molecule has 0 bridgehead atoms. The van der Waals surface area contributed by atoms with Crippen molar-refractivity contribution in [1.29, 1.82) is 0 Å². The highest BCUT2D eigenvalue weighted by molar-refractivity contribution is 5.82. The molecule has 0 spiro atoms. The minimum absolute atomic E-state index is 0.207. The Morgan fingerprint density at radius 3 is 2.39 bits per heavy atom. The first-order chi connectivity index (χ1) is 22.3. The molecule has 0 aliphatic carbocycles. The number of likely N-dealkylation sites (N-methyl/N-ethyl adjacent to an activating group) is 2. The van der Waals surface area contributed by atoms with Crippen LogP contribution in [-0.4, -0.2) is 105 Å². The van der Waals surface area contributed by atoms with Crippen molar-refractivity contribution in [3.8, 4) is 0 Å². The van der Waals surface area contributed by atoms with E-state index in [0.29, 0.717) is 41.9 Å². The molecule has 1 atom stereocenters. The van der Waals surface area contributed by atoms with Gasteiger partial charge in [-0.3, -0.25) is 24.2 Å². The van der Waals surface area contributed by atoms with Gasteiger partial charge in [0.05, 0.1) is 17.4 Å². The molecule has 1 aromatic carbocycles. The molecule has 2 saturated heterocycles. The number of aryl methyl sites for hydroxylation is 1. The maximum Gasteiger partial charge on any atom is 0.237 e. The van der Waals surface area contributed by atoms with Crippen molar-refractivity contribution >= 4 is 36.3 Å². The van der Waals surface area contributed by atoms with E-state index in [1.54, 1.807) is 25.1 Å². The number of benzene rings is 1. The zero-order chi connectivity index (χ0) is 33.1. The first-order valence-corrected chi connectivity index (χ1v) is 16.2. The van der Waals surface area contributed by atoms with Crippen LogP contribution in [0.25, 0.3) is 0 Å². The van der Waals surface area contributed by atoms with E-state index >= 15 is 4.39 Å². The zero-order valence-electron chi connectivity index (χ0n) is 27.1. The molecule has 1 unspecified atom stereocenters. The number of halogens is 1. The lowest BCUT2D eigenvalue weighted by Gasteiger charge is -2.40. The van der Waals surface area contributed by atoms with Crippen LogP contribution in [0.5, 0.6) is 0 Å². The number of nitrogens with zero attached hydrogens (tertiary/aromatic N) is 5. The third-order valence-corrected chi connectivity index (χ3v) is 9.27. The predicted molar refractivity (Wildman–Crippen MR) is 178 cm³/mol. The average molecular weight is 635 g/mol. The fourth-order valence-corrected chi connectivity index (χ4v) is 6.54. The molecular weight excluding hydrogens is 587 g/mol. The summed E-state index contributed by atoms with van der Waals surface area (Å²) in [4.78, 5) is 60.1. The fourth-order valence-electron chi connectivity index (χ4n) is 6.54. The second-order valence-corrected chi connectivity index (χ2v) is 12.3. The second-order valence-electron chi connectivity index (χ2n) is 12.3. The largest absolute Gasteiger partial charge is 0.369 e. The number of piperidine rings is 1. The summed E-state index contributed by atoms with van der Waals surface area (Å²) in [6.07, 6.45) is 8.11. The van der Waals surface area contributed by atoms with Crippen LogP contribution in [0.2, 0.25) is 0 Å². The lowest BCUT2D eigenvalue weighted by molar-refractivity contribution is -0.126. The number of nitrogens with one attached hydrogen (secondary N) is 1. The monoisotopic (exact) mass is 634 g/mol. The second kappa shape index (κ2) is 17.1. The van der Waals surface area contributed by atoms with Crippen LogP contribution in [0.15, 0.2) is 36.9 Å². The molecular formula is C35H47FN6O4. The molecule has 1 amide bonds. The molecule has 2 fully saturated rings. The number of carbonyl (C=O) groups excluding carboxylic acids is 4. The summed E-state index contributed by atoms with van der Waals surface area (Å²) in [7, 11) is 3.32. The van der Waals surface area contributed by atoms with E-state index in [1.165, 1.54) is 6.07 Å². The molecule has 10 nitrogen and oxygen atoms in total. The number of rotatable bonds is 16. The third-order valence-electron chi connectivity index (χ3n) is 9.27. The van der Waals surface area contributed by atoms with Crippen molar-refractivity contribution in [2.24, 2.45) is 5.92 Å². The van der Waals surface area contributed by atoms with Gasteiger partial charge in [0.1, 0.15) is 24.2 Å². The van der Waals surface area contributed by atoms with Gasteiger partial charge in [-0.05, 0) is 74.9 Å². The van der Waals surface area contributed by atoms with Gasteiger partial charge in [0.15, 0.2) is 6.29 Å². The number of amides is 1. The number of hydrogen-bond donors (Lipinski definition) is 1. The van der Waals surface area contributed by atoms with Crippen LogP contribution in [0.4, 0.5) is 15.9 Å². The number of anilines is 2. The van der Waals surface area contributed by atoms with Crippen molar-refractivity contribution in [2.75, 3.05) is 69.7 Å². The van der Waals surface area contributed by atoms with E-state index in [9.17, 15) is 19.2 Å². The summed E-state index contributed by atoms with van der Waals surface area (Å²) in [5.41, 5.74) is 2.85. The van der Waals surface area contributed by atoms with Crippen LogP contribution < -0.4 is 15.1 Å². The minimum atomic E-state index is -0.542. The molecule has 0 saturated carbocycles. The van der Waals surface area contributed by atoms with Crippen LogP contribution in [0, 0.1) is 11.7 Å². The van der Waals surface area contributed by atoms with Gasteiger partial charge in [0, 0.05) is 77.0 Å². The van der Waals surface area contributed by atoms with Gasteiger partial charge in [-0.1, -0.05) is 6.08 Å². The van der Waals surface area contributed by atoms with Crippen molar-refractivity contribution < 1.29 is 23.6 Å². The first-order valence-electron chi connectivity index (χ1n) is 16.2. The molecule has 2 aliphatic heterocycles. The van der Waals surface area contributed by atoms with Gasteiger partial charge in [-0.25, -0.2) is 9.37 Å². The topological polar surface area (TPSA) is 106 Å². The molecule has 4 rings (SSSR count). The summed E-state index contributed by atoms with van der Waals surface area (Å²) >= 11 is 0. The van der Waals surface area contributed by atoms with Gasteiger partial charge < -0.3 is 19.9 Å². The molecule has 2 aliphatic rings. The van der Waals surface area contributed by atoms with E-state index in [1.807, 2.05) is 18.2 Å². The van der Waals surface area contributed by atoms with Gasteiger partial charge >= 0.3 is 0 Å². The van der Waals surface area contributed by atoms with Crippen molar-refractivity contribution in [2.45, 2.75) is 51.1 Å². The number of aldehydes is 3. The lowest BCUT2D eigenvalue weighted by atomic mass is 9.95. The van der Waals surface area contributed by atoms with Crippen LogP contribution >= 0.6 is 0 Å². The van der Waals surface area contributed by atoms with Gasteiger partial charge in [-0.15, -0.1) is 6.58 Å². The first kappa shape index (κ1) is 34.9. The third kappa shape index (κ3) is 8.85. The SMILES string of the molecule is C=CCCc1nc(N2CCN(CC3CCN(c4cc(CN(C)C(CCC=O)C(=O)NC)c(C=O)cc4F)CC3)CC2)ccc1C=O. The standard InChI is InChI=1S/C35H47FN6O4/c1-4-5-7-31-27(24-44)9-10-34(38-31)42-17-15-40(16-18-42)22-26-11-13-41(14-12-26)33-21-28(29(25-45)20-30(33)36)23-39(3)32(8-6-19-43)35(46)37-2/h4,9-10,19-21,24-26,32H,1,5-8,11-18,22-23H2,2-3H3,(H,37,46). The van der Waals surface area contributed by atoms with Crippen LogP contribution in [0.3, 0.4) is 0 Å². The number of carbonyl (C=O) groups is 4. The van der Waals surface area contributed by atoms with Crippen LogP contribution in [0.1, 0.15) is 64.1 Å². The number of pyridine rings is 1. The van der Waals surface area contributed by atoms with Crippen molar-refractivity contribution in [3.63, 3.8) is 0 Å². The fraction of sp³-hybridized carbons (Fsp3) is 0.514. The van der Waals surface area contributed by atoms with E-state index in [4.69, 9.17) is 4.98 Å². The number of piperazine rings is 1. The van der Waals surface area contributed by atoms with E-state index < -0.39 is 11.9 Å². The normalized spacial score (nSPS) is 16.7. The van der Waals surface area contributed by atoms with Crippen molar-refractivity contribution in [3.05, 3.63) is 65.1 Å². The average Bonchev–Trinajstić information content (AvgIpc) is 3.08. The Bertz CT molecular complexity index is 1370. The maximum absolute atomic E-state index is 15.3. The Balaban J connectivity index is 1.32. The molecule has 1 N–H and O–H groups in total. The maximum atomic E-state index is 15.3. The Kier molecular flexibility index (Phi) is 13.0. The predicted octanol–water partition coefficient (Wildman–Crippen LogP) is 3.53. The Labute approximate surface area is 271 Å². The van der Waals surface area contributed by atoms with E-state index in [2.05, 4.69) is 26.6 Å². The summed E-state index contributed by atoms with van der Waals surface area (Å²) in [6.45, 7) is 10.1. The highest BCUT2D eigenvalue weighted by Gasteiger charge is 2.27. The Hall–Kier alpha value is -3.96. The molecule has 0 radical (unpaired) electrons. The number of aromatic nitrogens is 1. The number of allylic oxidation sites excluding steroid dienone is 1. The molecule has 3 heterocycles. The minimum Gasteiger partial charge on any atom is -0.369 e. The molecule has 2 aromatic rings. The highest BCUT2D eigenvalue weighted by Crippen LogP contribution is 2.30. The molecule has 46 heavy (non-hydrogen) atoms. The molecule has 248 valence electrons. The Morgan fingerprint density at radius 1 is 1.04 bits per heavy atom. The smallest absolute Gasteiger partial charge is 0.237 e. The van der Waals surface area contributed by atoms with Crippen LogP contribution in [-0.2, 0) is 22.6 Å². The van der Waals surface area contributed by atoms with Gasteiger partial charge in [0.25, 0.3) is 0 Å². The van der Waals surface area contributed by atoms with Gasteiger partial charge in [0.2, 0.25) is 5.91 Å². The molecule has 1 aromatic heterocycles. The number of hydrogen-bond acceptors (Lipinski definition) is 9. The quantitative estimate of drug-likeness (QED) is 0.219. The summed E-state index contributed by atoms with van der Waals surface area (Å²) in [5, 5.41) is 2.64. The zero-order valence-corrected chi connectivity index (χ0v) is 27.1. The summed E-state index contributed by atoms with van der Waals surface area (Å²) in [5.74, 6) is 0.790. The van der Waals surface area contributed by atoms with Crippen molar-refractivity contribution in [1.82, 2.24) is 20.1 Å². The lowest BCUT2D eigenvalue weighted by Crippen LogP contribution is -2.49.